The van der Waals surface area contributed by atoms with E-state index in [0.29, 0.717) is 6.54 Å². The molecule has 1 fully saturated rings. The van der Waals surface area contributed by atoms with Gasteiger partial charge in [-0.15, -0.1) is 0 Å². The zero-order chi connectivity index (χ0) is 15.4. The summed E-state index contributed by atoms with van der Waals surface area (Å²) in [7, 11) is 0. The van der Waals surface area contributed by atoms with Crippen molar-refractivity contribution in [2.45, 2.75) is 26.7 Å². The molecule has 0 atom stereocenters. The highest BCUT2D eigenvalue weighted by molar-refractivity contribution is 6.04. The molecule has 1 saturated heterocycles. The molecule has 1 aliphatic heterocycles. The van der Waals surface area contributed by atoms with E-state index in [2.05, 4.69) is 15.8 Å². The third kappa shape index (κ3) is 3.59. The van der Waals surface area contributed by atoms with E-state index in [1.54, 1.807) is 0 Å². The number of urea groups is 1. The summed E-state index contributed by atoms with van der Waals surface area (Å²) < 4.78 is 5.06. The number of hydrogen-bond donors (Lipinski definition) is 2. The van der Waals surface area contributed by atoms with Crippen molar-refractivity contribution in [3.63, 3.8) is 0 Å². The molecule has 0 aromatic carbocycles. The van der Waals surface area contributed by atoms with Gasteiger partial charge in [0.05, 0.1) is 12.2 Å². The summed E-state index contributed by atoms with van der Waals surface area (Å²) in [6.45, 7) is 3.91. The highest BCUT2D eigenvalue weighted by Crippen LogP contribution is 2.13. The predicted molar refractivity (Wildman–Crippen MR) is 72.4 cm³/mol. The Morgan fingerprint density at radius 3 is 2.76 bits per heavy atom. The minimum atomic E-state index is -0.522. The summed E-state index contributed by atoms with van der Waals surface area (Å²) in [6.07, 6.45) is 1.49. The Bertz CT molecular complexity index is 531. The number of amides is 4. The topological polar surface area (TPSA) is 105 Å². The molecule has 0 saturated carbocycles. The Balaban J connectivity index is 1.70. The van der Waals surface area contributed by atoms with Crippen LogP contribution in [-0.2, 0) is 16.0 Å². The van der Waals surface area contributed by atoms with Crippen LogP contribution in [0.3, 0.4) is 0 Å². The molecule has 8 heteroatoms. The summed E-state index contributed by atoms with van der Waals surface area (Å²) in [5, 5.41) is 8.92. The SMILES string of the molecule is Cc1noc(C)c1CCCNC(=O)CN1C(=O)CNC1=O. The Kier molecular flexibility index (Phi) is 4.56. The van der Waals surface area contributed by atoms with E-state index >= 15 is 0 Å². The van der Waals surface area contributed by atoms with Crippen molar-refractivity contribution >= 4 is 17.8 Å². The maximum absolute atomic E-state index is 11.7. The fraction of sp³-hybridized carbons (Fsp3) is 0.538. The lowest BCUT2D eigenvalue weighted by Crippen LogP contribution is -2.41. The average molecular weight is 294 g/mol. The minimum Gasteiger partial charge on any atom is -0.361 e. The largest absolute Gasteiger partial charge is 0.361 e. The van der Waals surface area contributed by atoms with E-state index in [0.717, 1.165) is 34.8 Å². The number of nitrogens with one attached hydrogen (secondary N) is 2. The van der Waals surface area contributed by atoms with Crippen LogP contribution in [0.15, 0.2) is 4.52 Å². The smallest absolute Gasteiger partial charge is 0.325 e. The summed E-state index contributed by atoms with van der Waals surface area (Å²) in [6, 6.07) is -0.522. The lowest BCUT2D eigenvalue weighted by atomic mass is 10.1. The molecule has 0 unspecified atom stereocenters. The molecule has 1 aliphatic rings. The lowest BCUT2D eigenvalue weighted by molar-refractivity contribution is -0.130. The van der Waals surface area contributed by atoms with Crippen LogP contribution >= 0.6 is 0 Å². The van der Waals surface area contributed by atoms with Crippen LogP contribution in [0, 0.1) is 13.8 Å². The Morgan fingerprint density at radius 1 is 1.43 bits per heavy atom. The minimum absolute atomic E-state index is 0.0435. The molecule has 0 bridgehead atoms. The van der Waals surface area contributed by atoms with Gasteiger partial charge in [-0.25, -0.2) is 4.79 Å². The highest BCUT2D eigenvalue weighted by atomic mass is 16.5. The second-order valence-corrected chi connectivity index (χ2v) is 4.89. The van der Waals surface area contributed by atoms with Gasteiger partial charge in [-0.05, 0) is 26.7 Å². The number of nitrogens with zero attached hydrogens (tertiary/aromatic N) is 2. The second-order valence-electron chi connectivity index (χ2n) is 4.89. The molecule has 0 radical (unpaired) electrons. The van der Waals surface area contributed by atoms with E-state index in [1.807, 2.05) is 13.8 Å². The van der Waals surface area contributed by atoms with Crippen molar-refractivity contribution in [1.29, 1.82) is 0 Å². The monoisotopic (exact) mass is 294 g/mol. The van der Waals surface area contributed by atoms with Crippen LogP contribution in [0.25, 0.3) is 0 Å². The number of aryl methyl sites for hydroxylation is 2. The third-order valence-corrected chi connectivity index (χ3v) is 3.35. The van der Waals surface area contributed by atoms with Crippen LogP contribution in [0.1, 0.15) is 23.4 Å². The number of rotatable bonds is 6. The quantitative estimate of drug-likeness (QED) is 0.563. The molecule has 2 N–H and O–H groups in total. The first-order chi connectivity index (χ1) is 9.99. The lowest BCUT2D eigenvalue weighted by Gasteiger charge is -2.12. The number of imide groups is 1. The summed E-state index contributed by atoms with van der Waals surface area (Å²) in [4.78, 5) is 35.2. The molecule has 2 rings (SSSR count). The van der Waals surface area contributed by atoms with Crippen molar-refractivity contribution < 1.29 is 18.9 Å². The number of carbonyl (C=O) groups is 3. The fourth-order valence-electron chi connectivity index (χ4n) is 2.17. The second kappa shape index (κ2) is 6.38. The van der Waals surface area contributed by atoms with Gasteiger partial charge in [0.1, 0.15) is 12.3 Å². The van der Waals surface area contributed by atoms with Crippen molar-refractivity contribution in [3.8, 4) is 0 Å². The van der Waals surface area contributed by atoms with Gasteiger partial charge in [-0.1, -0.05) is 5.16 Å². The van der Waals surface area contributed by atoms with Crippen LogP contribution in [0.5, 0.6) is 0 Å². The molecule has 8 nitrogen and oxygen atoms in total. The molecule has 0 aliphatic carbocycles. The molecule has 114 valence electrons. The van der Waals surface area contributed by atoms with E-state index in [1.165, 1.54) is 0 Å². The molecule has 1 aromatic heterocycles. The Hall–Kier alpha value is -2.38. The van der Waals surface area contributed by atoms with Gasteiger partial charge in [-0.2, -0.15) is 0 Å². The molecule has 1 aromatic rings. The van der Waals surface area contributed by atoms with Crippen LogP contribution in [0.4, 0.5) is 4.79 Å². The molecule has 21 heavy (non-hydrogen) atoms. The zero-order valence-corrected chi connectivity index (χ0v) is 12.1. The van der Waals surface area contributed by atoms with Crippen LogP contribution in [-0.4, -0.2) is 47.5 Å². The Morgan fingerprint density at radius 2 is 2.19 bits per heavy atom. The van der Waals surface area contributed by atoms with E-state index in [4.69, 9.17) is 4.52 Å². The maximum atomic E-state index is 11.7. The first-order valence-corrected chi connectivity index (χ1v) is 6.75. The van der Waals surface area contributed by atoms with Gasteiger partial charge in [0.15, 0.2) is 0 Å². The van der Waals surface area contributed by atoms with Crippen molar-refractivity contribution in [1.82, 2.24) is 20.7 Å². The van der Waals surface area contributed by atoms with E-state index in [-0.39, 0.29) is 24.9 Å². The van der Waals surface area contributed by atoms with Gasteiger partial charge in [0.2, 0.25) is 5.91 Å². The number of hydrogen-bond acceptors (Lipinski definition) is 5. The third-order valence-electron chi connectivity index (χ3n) is 3.35. The standard InChI is InChI=1S/C13H18N4O4/c1-8-10(9(2)21-16-8)4-3-5-14-11(18)7-17-12(19)6-15-13(17)20/h3-7H2,1-2H3,(H,14,18)(H,15,20). The van der Waals surface area contributed by atoms with Gasteiger partial charge < -0.3 is 15.2 Å². The van der Waals surface area contributed by atoms with Gasteiger partial charge >= 0.3 is 6.03 Å². The number of aromatic nitrogens is 1. The van der Waals surface area contributed by atoms with Gasteiger partial charge in [-0.3, -0.25) is 14.5 Å². The van der Waals surface area contributed by atoms with Gasteiger partial charge in [0, 0.05) is 12.1 Å². The molecule has 0 spiro atoms. The summed E-state index contributed by atoms with van der Waals surface area (Å²) in [5.74, 6) is 0.0585. The zero-order valence-electron chi connectivity index (χ0n) is 12.1. The Labute approximate surface area is 121 Å². The molecule has 4 amide bonds. The van der Waals surface area contributed by atoms with Crippen LogP contribution in [0.2, 0.25) is 0 Å². The van der Waals surface area contributed by atoms with E-state index < -0.39 is 6.03 Å². The molecular formula is C13H18N4O4. The molecular weight excluding hydrogens is 276 g/mol. The van der Waals surface area contributed by atoms with Crippen LogP contribution < -0.4 is 10.6 Å². The maximum Gasteiger partial charge on any atom is 0.325 e. The average Bonchev–Trinajstić information content (AvgIpc) is 2.92. The van der Waals surface area contributed by atoms with Crippen molar-refractivity contribution in [3.05, 3.63) is 17.0 Å². The van der Waals surface area contributed by atoms with Crippen molar-refractivity contribution in [2.75, 3.05) is 19.6 Å². The number of carbonyl (C=O) groups excluding carboxylic acids is 3. The predicted octanol–water partition coefficient (Wildman–Crippen LogP) is -0.108. The summed E-state index contributed by atoms with van der Waals surface area (Å²) >= 11 is 0. The van der Waals surface area contributed by atoms with Crippen molar-refractivity contribution in [2.24, 2.45) is 0 Å². The summed E-state index contributed by atoms with van der Waals surface area (Å²) in [5.41, 5.74) is 1.91. The van der Waals surface area contributed by atoms with Gasteiger partial charge in [0.25, 0.3) is 5.91 Å². The normalized spacial score (nSPS) is 14.5. The molecule has 2 heterocycles. The van der Waals surface area contributed by atoms with E-state index in [9.17, 15) is 14.4 Å². The highest BCUT2D eigenvalue weighted by Gasteiger charge is 2.29. The first kappa shape index (κ1) is 15.0. The first-order valence-electron chi connectivity index (χ1n) is 6.75. The fourth-order valence-corrected chi connectivity index (χ4v) is 2.17.